The van der Waals surface area contributed by atoms with Gasteiger partial charge in [-0.15, -0.1) is 0 Å². The summed E-state index contributed by atoms with van der Waals surface area (Å²) in [6.07, 6.45) is -2.94. The van der Waals surface area contributed by atoms with Crippen LogP contribution in [-0.4, -0.2) is 49.6 Å². The minimum Gasteiger partial charge on any atom is -0.396 e. The molecule has 1 heterocycles. The van der Waals surface area contributed by atoms with Gasteiger partial charge in [0, 0.05) is 6.20 Å². The lowest BCUT2D eigenvalue weighted by Gasteiger charge is -2.25. The molecular weight excluding hydrogens is 393 g/mol. The molecule has 1 aromatic heterocycles. The van der Waals surface area contributed by atoms with Gasteiger partial charge in [0.05, 0.1) is 22.2 Å². The second-order valence-corrected chi connectivity index (χ2v) is 5.70. The molecule has 4 unspecified atom stereocenters. The Morgan fingerprint density at radius 3 is 2.45 bits per heavy atom. The summed E-state index contributed by atoms with van der Waals surface area (Å²) in [7, 11) is 0. The van der Waals surface area contributed by atoms with Gasteiger partial charge in [-0.25, -0.2) is 13.6 Å². The zero-order valence-electron chi connectivity index (χ0n) is 9.83. The van der Waals surface area contributed by atoms with Crippen LogP contribution in [0.3, 0.4) is 0 Å². The van der Waals surface area contributed by atoms with Crippen LogP contribution >= 0.6 is 22.6 Å². The first-order valence-corrected chi connectivity index (χ1v) is 6.65. The Kier molecular flexibility index (Phi) is 4.01. The lowest BCUT2D eigenvalue weighted by Crippen LogP contribution is -2.43. The zero-order chi connectivity index (χ0) is 15.2. The van der Waals surface area contributed by atoms with Gasteiger partial charge < -0.3 is 15.3 Å². The van der Waals surface area contributed by atoms with Crippen molar-refractivity contribution in [2.45, 2.75) is 24.2 Å². The van der Waals surface area contributed by atoms with E-state index in [0.717, 1.165) is 6.20 Å². The largest absolute Gasteiger partial charge is 0.396 e. The van der Waals surface area contributed by atoms with E-state index in [1.165, 1.54) is 0 Å². The van der Waals surface area contributed by atoms with Crippen molar-refractivity contribution in [3.05, 3.63) is 30.6 Å². The van der Waals surface area contributed by atoms with Crippen molar-refractivity contribution in [3.63, 3.8) is 0 Å². The van der Waals surface area contributed by atoms with Crippen molar-refractivity contribution < 1.29 is 24.1 Å². The summed E-state index contributed by atoms with van der Waals surface area (Å²) in [4.78, 5) is 24.7. The van der Waals surface area contributed by atoms with E-state index in [4.69, 9.17) is 5.11 Å². The maximum atomic E-state index is 14.1. The molecule has 0 amide bonds. The molecule has 2 rings (SSSR count). The first kappa shape index (κ1) is 15.5. The Morgan fingerprint density at radius 1 is 1.35 bits per heavy atom. The predicted octanol–water partition coefficient (Wildman–Crippen LogP) is -1.34. The van der Waals surface area contributed by atoms with Crippen LogP contribution in [0.15, 0.2) is 15.8 Å². The van der Waals surface area contributed by atoms with Gasteiger partial charge in [-0.05, 0) is 22.6 Å². The number of rotatable bonds is 2. The van der Waals surface area contributed by atoms with Crippen LogP contribution in [0.25, 0.3) is 0 Å². The fourth-order valence-corrected chi connectivity index (χ4v) is 2.78. The number of H-pyrrole nitrogens is 1. The Bertz CT molecular complexity index is 631. The Labute approximate surface area is 124 Å². The molecule has 0 bridgehead atoms. The second-order valence-electron chi connectivity index (χ2n) is 4.53. The lowest BCUT2D eigenvalue weighted by atomic mass is 10.0. The molecule has 20 heavy (non-hydrogen) atoms. The van der Waals surface area contributed by atoms with Gasteiger partial charge in [-0.3, -0.25) is 14.3 Å². The smallest absolute Gasteiger partial charge is 0.328 e. The average Bonchev–Trinajstić information content (AvgIpc) is 2.51. The summed E-state index contributed by atoms with van der Waals surface area (Å²) in [6.45, 7) is -1.04. The van der Waals surface area contributed by atoms with Crippen molar-refractivity contribution in [1.29, 1.82) is 0 Å². The molecule has 0 radical (unpaired) electrons. The number of aliphatic hydroxyl groups excluding tert-OH is 3. The molecule has 10 heteroatoms. The number of halogens is 3. The van der Waals surface area contributed by atoms with Crippen molar-refractivity contribution >= 4 is 22.6 Å². The zero-order valence-corrected chi connectivity index (χ0v) is 12.0. The minimum absolute atomic E-state index is 0.0212. The molecule has 1 saturated carbocycles. The molecule has 4 N–H and O–H groups in total. The third kappa shape index (κ3) is 2.19. The van der Waals surface area contributed by atoms with Gasteiger partial charge >= 0.3 is 5.69 Å². The van der Waals surface area contributed by atoms with E-state index in [-0.39, 0.29) is 3.57 Å². The number of nitrogens with zero attached hydrogens (tertiary/aromatic N) is 1. The molecule has 4 atom stereocenters. The van der Waals surface area contributed by atoms with Crippen LogP contribution in [0.1, 0.15) is 6.04 Å². The second kappa shape index (κ2) is 5.16. The maximum absolute atomic E-state index is 14.1. The van der Waals surface area contributed by atoms with Gasteiger partial charge in [0.2, 0.25) is 0 Å². The highest BCUT2D eigenvalue weighted by atomic mass is 127. The lowest BCUT2D eigenvalue weighted by molar-refractivity contribution is -0.102. The highest BCUT2D eigenvalue weighted by Crippen LogP contribution is 2.47. The number of aliphatic hydroxyl groups is 3. The molecule has 112 valence electrons. The SMILES string of the molecule is O=c1[nH]c(=O)n(C2C(O)C(O)C(CO)C2(F)F)cc1I. The fraction of sp³-hybridized carbons (Fsp3) is 0.600. The highest BCUT2D eigenvalue weighted by Gasteiger charge is 2.63. The van der Waals surface area contributed by atoms with Gasteiger partial charge in [-0.1, -0.05) is 0 Å². The van der Waals surface area contributed by atoms with E-state index in [9.17, 15) is 28.6 Å². The number of aromatic amines is 1. The number of nitrogens with one attached hydrogen (secondary N) is 1. The number of alkyl halides is 2. The van der Waals surface area contributed by atoms with Crippen LogP contribution in [0.4, 0.5) is 8.78 Å². The van der Waals surface area contributed by atoms with E-state index in [0.29, 0.717) is 4.57 Å². The van der Waals surface area contributed by atoms with Crippen molar-refractivity contribution in [3.8, 4) is 0 Å². The van der Waals surface area contributed by atoms with Crippen LogP contribution in [0.2, 0.25) is 0 Å². The molecule has 1 aromatic rings. The fourth-order valence-electron chi connectivity index (χ4n) is 2.35. The summed E-state index contributed by atoms with van der Waals surface area (Å²) in [5.74, 6) is -5.60. The van der Waals surface area contributed by atoms with Crippen LogP contribution in [-0.2, 0) is 0 Å². The predicted molar refractivity (Wildman–Crippen MR) is 70.6 cm³/mol. The van der Waals surface area contributed by atoms with E-state index in [1.807, 2.05) is 4.98 Å². The van der Waals surface area contributed by atoms with E-state index < -0.39 is 47.9 Å². The van der Waals surface area contributed by atoms with Gasteiger partial charge in [0.25, 0.3) is 11.5 Å². The quantitative estimate of drug-likeness (QED) is 0.456. The molecule has 0 spiro atoms. The Balaban J connectivity index is 2.60. The summed E-state index contributed by atoms with van der Waals surface area (Å²) in [5.41, 5.74) is -1.85. The van der Waals surface area contributed by atoms with E-state index in [2.05, 4.69) is 0 Å². The third-order valence-electron chi connectivity index (χ3n) is 3.40. The number of hydrogen-bond acceptors (Lipinski definition) is 5. The Morgan fingerprint density at radius 2 is 1.95 bits per heavy atom. The number of aromatic nitrogens is 2. The molecule has 0 aromatic carbocycles. The summed E-state index contributed by atoms with van der Waals surface area (Å²) < 4.78 is 28.7. The maximum Gasteiger partial charge on any atom is 0.328 e. The molecular formula is C10H11F2IN2O5. The van der Waals surface area contributed by atoms with E-state index >= 15 is 0 Å². The molecule has 1 fully saturated rings. The molecule has 0 aliphatic heterocycles. The molecule has 7 nitrogen and oxygen atoms in total. The van der Waals surface area contributed by atoms with Crippen LogP contribution in [0, 0.1) is 9.49 Å². The van der Waals surface area contributed by atoms with Gasteiger partial charge in [0.1, 0.15) is 12.1 Å². The van der Waals surface area contributed by atoms with Gasteiger partial charge in [0.15, 0.2) is 0 Å². The summed E-state index contributed by atoms with van der Waals surface area (Å²) >= 11 is 1.55. The van der Waals surface area contributed by atoms with E-state index in [1.54, 1.807) is 22.6 Å². The standard InChI is InChI=1S/C10H11F2IN2O5/c11-10(12)3(2-16)5(17)6(18)7(10)15-1-4(13)8(19)14-9(15)20/h1,3,5-7,16-18H,2H2,(H,14,19,20). The van der Waals surface area contributed by atoms with Gasteiger partial charge in [-0.2, -0.15) is 0 Å². The summed E-state index contributed by atoms with van der Waals surface area (Å²) in [6, 6.07) is -2.06. The normalized spacial score (nSPS) is 32.5. The molecule has 1 aliphatic rings. The third-order valence-corrected chi connectivity index (χ3v) is 4.16. The first-order chi connectivity index (χ1) is 9.21. The molecule has 0 saturated heterocycles. The number of hydrogen-bond donors (Lipinski definition) is 4. The van der Waals surface area contributed by atoms with Crippen LogP contribution < -0.4 is 11.2 Å². The van der Waals surface area contributed by atoms with Crippen molar-refractivity contribution in [2.24, 2.45) is 5.92 Å². The highest BCUT2D eigenvalue weighted by molar-refractivity contribution is 14.1. The van der Waals surface area contributed by atoms with Crippen LogP contribution in [0.5, 0.6) is 0 Å². The van der Waals surface area contributed by atoms with Crippen molar-refractivity contribution in [2.75, 3.05) is 6.61 Å². The Hall–Kier alpha value is -0.850. The van der Waals surface area contributed by atoms with Crippen molar-refractivity contribution in [1.82, 2.24) is 9.55 Å². The molecule has 1 aliphatic carbocycles. The monoisotopic (exact) mass is 404 g/mol. The first-order valence-electron chi connectivity index (χ1n) is 5.57. The average molecular weight is 404 g/mol. The summed E-state index contributed by atoms with van der Waals surface area (Å²) in [5, 5.41) is 28.2. The minimum atomic E-state index is -3.71. The topological polar surface area (TPSA) is 116 Å².